The molecule has 2 aromatic carbocycles. The van der Waals surface area contributed by atoms with Gasteiger partial charge in [0.15, 0.2) is 0 Å². The average molecular weight is 849 g/mol. The van der Waals surface area contributed by atoms with E-state index in [4.69, 9.17) is 16.3 Å². The van der Waals surface area contributed by atoms with Crippen LogP contribution in [0.15, 0.2) is 36.4 Å². The molecule has 15 nitrogen and oxygen atoms in total. The normalized spacial score (nSPS) is 26.8. The number of nitrogens with zero attached hydrogens (tertiary/aromatic N) is 3. The van der Waals surface area contributed by atoms with Gasteiger partial charge in [0.2, 0.25) is 35.4 Å². The number of fused-ring (bicyclic) bond motifs is 2. The average Bonchev–Trinajstić information content (AvgIpc) is 3.80. The molecule has 0 radical (unpaired) electrons. The lowest BCUT2D eigenvalue weighted by Crippen LogP contribution is -2.63. The van der Waals surface area contributed by atoms with Crippen LogP contribution in [0.4, 0.5) is 13.2 Å². The highest BCUT2D eigenvalue weighted by Gasteiger charge is 2.47. The molecule has 0 spiro atoms. The summed E-state index contributed by atoms with van der Waals surface area (Å²) in [5, 5.41) is 18.3. The number of aliphatic hydroxyl groups excluding tert-OH is 1. The molecule has 1 unspecified atom stereocenters. The number of ether oxygens (including phenoxy) is 1. The quantitative estimate of drug-likeness (QED) is 0.284. The van der Waals surface area contributed by atoms with Crippen LogP contribution in [0.25, 0.3) is 0 Å². The van der Waals surface area contributed by atoms with Crippen LogP contribution in [-0.4, -0.2) is 130 Å². The smallest absolute Gasteiger partial charge is 0.329 e. The minimum absolute atomic E-state index is 0.00347. The number of rotatable bonds is 8. The number of carbonyl (C=O) groups excluding carboxylic acids is 7. The number of carbonyl (C=O) groups is 7. The maximum absolute atomic E-state index is 14.6. The molecule has 3 saturated heterocycles. The highest BCUT2D eigenvalue weighted by atomic mass is 35.5. The lowest BCUT2D eigenvalue weighted by molar-refractivity contribution is -0.163. The van der Waals surface area contributed by atoms with E-state index < -0.39 is 120 Å². The van der Waals surface area contributed by atoms with Gasteiger partial charge in [-0.25, -0.2) is 18.0 Å². The van der Waals surface area contributed by atoms with Gasteiger partial charge in [-0.3, -0.25) is 28.8 Å². The first kappa shape index (κ1) is 44.9. The van der Waals surface area contributed by atoms with Crippen molar-refractivity contribution in [3.8, 4) is 0 Å². The molecule has 3 aliphatic heterocycles. The topological polar surface area (TPSA) is 195 Å². The van der Waals surface area contributed by atoms with E-state index in [1.165, 1.54) is 44.9 Å². The first-order chi connectivity index (χ1) is 27.7. The van der Waals surface area contributed by atoms with Gasteiger partial charge in [0.05, 0.1) is 12.5 Å². The molecule has 19 heteroatoms. The van der Waals surface area contributed by atoms with E-state index in [0.29, 0.717) is 12.5 Å². The molecule has 3 aliphatic rings. The number of amides is 6. The van der Waals surface area contributed by atoms with Crippen LogP contribution < -0.4 is 16.0 Å². The first-order valence-electron chi connectivity index (χ1n) is 19.3. The molecular weight excluding hydrogens is 801 g/mol. The molecule has 320 valence electrons. The van der Waals surface area contributed by atoms with Crippen LogP contribution in [0.5, 0.6) is 0 Å². The predicted molar refractivity (Wildman–Crippen MR) is 204 cm³/mol. The molecule has 3 heterocycles. The standard InChI is InChI=1S/C40H48ClF3N6O9/c1-19-11-31-40(58)59-22(4)33(39(57)49-10-6-7-30(49)38(56)48(5)34(21(3)51)36(54)45-20(2)37(55)50(31)18-19)47-35(53)29(14-23-12-26(42)17-27(43)13-23)46-32(52)15-24-8-9-25(41)16-28(24)44/h8-9,12-13,16-17,19-22,29-31,33-34,51H,6-7,10-11,14-15,18H2,1-5H3,(H,45,54)(H,46,52)(H,47,53)/t19-,20+,21-,22+,29+,30+,31+,33+,34?/m1/s1. The van der Waals surface area contributed by atoms with Gasteiger partial charge in [0.1, 0.15) is 59.8 Å². The first-order valence-corrected chi connectivity index (χ1v) is 19.7. The Morgan fingerprint density at radius 2 is 1.64 bits per heavy atom. The van der Waals surface area contributed by atoms with Gasteiger partial charge in [-0.2, -0.15) is 0 Å². The van der Waals surface area contributed by atoms with E-state index in [1.54, 1.807) is 6.92 Å². The summed E-state index contributed by atoms with van der Waals surface area (Å²) in [6, 6.07) is -2.34. The summed E-state index contributed by atoms with van der Waals surface area (Å²) >= 11 is 5.84. The Morgan fingerprint density at radius 1 is 0.966 bits per heavy atom. The van der Waals surface area contributed by atoms with Gasteiger partial charge in [-0.15, -0.1) is 0 Å². The molecular formula is C40H48ClF3N6O9. The third kappa shape index (κ3) is 10.5. The van der Waals surface area contributed by atoms with Crippen LogP contribution in [0.3, 0.4) is 0 Å². The lowest BCUT2D eigenvalue weighted by atomic mass is 10.0. The van der Waals surface area contributed by atoms with E-state index in [0.717, 1.165) is 28.0 Å². The van der Waals surface area contributed by atoms with Gasteiger partial charge < -0.3 is 40.5 Å². The van der Waals surface area contributed by atoms with E-state index in [-0.39, 0.29) is 48.0 Å². The molecule has 3 fully saturated rings. The van der Waals surface area contributed by atoms with Crippen LogP contribution in [0.1, 0.15) is 58.1 Å². The van der Waals surface area contributed by atoms with Crippen molar-refractivity contribution in [2.24, 2.45) is 5.92 Å². The SMILES string of the molecule is C[C@@H]1C[C@H]2C(=O)O[C@@H](C)[C@H](NC(=O)[C@H](Cc3cc(F)cc(F)c3)NC(=O)Cc3ccc(Cl)cc3F)C(=O)N3CCC[C@H]3C(=O)N(C)C([C@@H](C)O)C(=O)N[C@@H](C)C(=O)N2C1. The second kappa shape index (κ2) is 18.8. The third-order valence-electron chi connectivity index (χ3n) is 10.8. The monoisotopic (exact) mass is 848 g/mol. The number of hydrogen-bond donors (Lipinski definition) is 4. The number of halogens is 4. The summed E-state index contributed by atoms with van der Waals surface area (Å²) in [7, 11) is 1.27. The number of likely N-dealkylation sites (N-methyl/N-ethyl adjacent to an activating group) is 1. The third-order valence-corrected chi connectivity index (χ3v) is 11.1. The van der Waals surface area contributed by atoms with Gasteiger partial charge in [-0.1, -0.05) is 24.6 Å². The Balaban J connectivity index is 1.52. The summed E-state index contributed by atoms with van der Waals surface area (Å²) < 4.78 is 49.1. The Bertz CT molecular complexity index is 1970. The van der Waals surface area contributed by atoms with Gasteiger partial charge in [0.25, 0.3) is 0 Å². The van der Waals surface area contributed by atoms with Crippen molar-refractivity contribution < 1.29 is 56.6 Å². The predicted octanol–water partition coefficient (Wildman–Crippen LogP) is 1.40. The van der Waals surface area contributed by atoms with E-state index in [2.05, 4.69) is 16.0 Å². The molecule has 59 heavy (non-hydrogen) atoms. The number of benzene rings is 2. The highest BCUT2D eigenvalue weighted by Crippen LogP contribution is 2.27. The zero-order chi connectivity index (χ0) is 43.5. The van der Waals surface area contributed by atoms with Crippen LogP contribution >= 0.6 is 11.6 Å². The zero-order valence-electron chi connectivity index (χ0n) is 33.2. The molecule has 9 atom stereocenters. The fourth-order valence-corrected chi connectivity index (χ4v) is 8.06. The van der Waals surface area contributed by atoms with Crippen molar-refractivity contribution in [1.82, 2.24) is 30.7 Å². The van der Waals surface area contributed by atoms with Crippen molar-refractivity contribution in [3.05, 3.63) is 70.0 Å². The second-order valence-electron chi connectivity index (χ2n) is 15.5. The number of aliphatic hydroxyl groups is 1. The summed E-state index contributed by atoms with van der Waals surface area (Å²) in [6.45, 7) is 5.92. The van der Waals surface area contributed by atoms with Crippen molar-refractivity contribution in [1.29, 1.82) is 0 Å². The van der Waals surface area contributed by atoms with E-state index in [9.17, 15) is 51.8 Å². The van der Waals surface area contributed by atoms with Crippen LogP contribution in [0.2, 0.25) is 5.02 Å². The summed E-state index contributed by atoms with van der Waals surface area (Å²) in [5.41, 5.74) is -0.145. The maximum Gasteiger partial charge on any atom is 0.329 e. The van der Waals surface area contributed by atoms with Crippen molar-refractivity contribution >= 4 is 53.0 Å². The Labute approximate surface area is 343 Å². The minimum Gasteiger partial charge on any atom is -0.458 e. The lowest BCUT2D eigenvalue weighted by Gasteiger charge is -2.37. The number of cyclic esters (lactones) is 1. The summed E-state index contributed by atoms with van der Waals surface area (Å²) in [4.78, 5) is 101. The number of hydrogen-bond acceptors (Lipinski definition) is 9. The molecule has 0 bridgehead atoms. The van der Waals surface area contributed by atoms with Crippen LogP contribution in [-0.2, 0) is 51.1 Å². The largest absolute Gasteiger partial charge is 0.458 e. The van der Waals surface area contributed by atoms with Gasteiger partial charge in [-0.05, 0) is 81.3 Å². The highest BCUT2D eigenvalue weighted by molar-refractivity contribution is 6.30. The molecule has 4 N–H and O–H groups in total. The van der Waals surface area contributed by atoms with Crippen molar-refractivity contribution in [2.75, 3.05) is 20.1 Å². The van der Waals surface area contributed by atoms with E-state index >= 15 is 0 Å². The fourth-order valence-electron chi connectivity index (χ4n) is 7.90. The Kier molecular flexibility index (Phi) is 14.3. The zero-order valence-corrected chi connectivity index (χ0v) is 33.9. The maximum atomic E-state index is 14.6. The molecule has 0 aromatic heterocycles. The molecule has 0 aliphatic carbocycles. The second-order valence-corrected chi connectivity index (χ2v) is 16.0. The summed E-state index contributed by atoms with van der Waals surface area (Å²) in [6.07, 6.45) is -3.40. The van der Waals surface area contributed by atoms with E-state index in [1.807, 2.05) is 0 Å². The van der Waals surface area contributed by atoms with Gasteiger partial charge >= 0.3 is 5.97 Å². The Morgan fingerprint density at radius 3 is 2.29 bits per heavy atom. The summed E-state index contributed by atoms with van der Waals surface area (Å²) in [5.74, 6) is -8.94. The fraction of sp³-hybridized carbons (Fsp3) is 0.525. The van der Waals surface area contributed by atoms with Crippen molar-refractivity contribution in [3.63, 3.8) is 0 Å². The minimum atomic E-state index is -1.74. The van der Waals surface area contributed by atoms with Crippen molar-refractivity contribution in [2.45, 2.75) is 108 Å². The number of nitrogens with one attached hydrogen (secondary N) is 3. The molecule has 0 saturated carbocycles. The molecule has 6 amide bonds. The molecule has 5 rings (SSSR count). The molecule has 2 aromatic rings. The van der Waals surface area contributed by atoms with Crippen LogP contribution in [0, 0.1) is 23.4 Å². The number of esters is 1. The Hall–Kier alpha value is -5.23. The van der Waals surface area contributed by atoms with Gasteiger partial charge in [0, 0.05) is 37.6 Å².